The van der Waals surface area contributed by atoms with E-state index in [2.05, 4.69) is 5.32 Å². The van der Waals surface area contributed by atoms with Gasteiger partial charge in [-0.25, -0.2) is 8.78 Å². The third-order valence-electron chi connectivity index (χ3n) is 6.32. The van der Waals surface area contributed by atoms with Gasteiger partial charge in [0.25, 0.3) is 5.91 Å². The second kappa shape index (κ2) is 9.56. The highest BCUT2D eigenvalue weighted by Gasteiger charge is 2.40. The van der Waals surface area contributed by atoms with Crippen molar-refractivity contribution < 1.29 is 23.5 Å². The molecule has 1 fully saturated rings. The molecule has 3 atom stereocenters. The topological polar surface area (TPSA) is 69.6 Å². The first-order chi connectivity index (χ1) is 14.7. The van der Waals surface area contributed by atoms with Crippen LogP contribution in [-0.2, 0) is 10.2 Å². The Morgan fingerprint density at radius 2 is 1.81 bits per heavy atom. The van der Waals surface area contributed by atoms with Gasteiger partial charge in [0.1, 0.15) is 11.6 Å². The van der Waals surface area contributed by atoms with Gasteiger partial charge in [-0.2, -0.15) is 0 Å². The van der Waals surface area contributed by atoms with Crippen LogP contribution in [0.4, 0.5) is 8.78 Å². The molecule has 0 aliphatic heterocycles. The number of aliphatic hydroxyl groups is 1. The predicted molar refractivity (Wildman–Crippen MR) is 114 cm³/mol. The van der Waals surface area contributed by atoms with Crippen LogP contribution < -0.4 is 5.32 Å². The Balaban J connectivity index is 1.85. The fraction of sp³-hybridized carbons (Fsp3) is 0.417. The molecule has 166 valence electrons. The van der Waals surface area contributed by atoms with E-state index in [0.29, 0.717) is 32.2 Å². The maximum atomic E-state index is 14.1. The summed E-state index contributed by atoms with van der Waals surface area (Å²) in [6.45, 7) is 1.88. The quantitative estimate of drug-likeness (QED) is 0.715. The van der Waals surface area contributed by atoms with Gasteiger partial charge in [-0.15, -0.1) is 0 Å². The van der Waals surface area contributed by atoms with Crippen molar-refractivity contribution in [3.8, 4) is 0 Å². The predicted octanol–water partition coefficient (Wildman–Crippen LogP) is 3.41. The van der Waals surface area contributed by atoms with Crippen LogP contribution in [0.3, 0.4) is 0 Å². The molecule has 1 aliphatic carbocycles. The molecule has 0 saturated heterocycles. The van der Waals surface area contributed by atoms with Crippen LogP contribution in [0.1, 0.15) is 48.5 Å². The molecule has 0 aromatic heterocycles. The molecule has 1 saturated carbocycles. The van der Waals surface area contributed by atoms with Gasteiger partial charge in [0.2, 0.25) is 5.91 Å². The van der Waals surface area contributed by atoms with Gasteiger partial charge in [-0.3, -0.25) is 9.59 Å². The molecular formula is C24H28F2N2O3. The molecule has 0 unspecified atom stereocenters. The maximum absolute atomic E-state index is 14.1. The molecule has 2 aromatic rings. The number of hydrogen-bond donors (Lipinski definition) is 2. The van der Waals surface area contributed by atoms with E-state index in [-0.39, 0.29) is 11.5 Å². The SMILES string of the molecule is CC(=O)NC[C@]1(c2ccccc2)CC[C@@H](O)[C@H](N(C)C(=O)c2cc(F)ccc2F)CC1. The summed E-state index contributed by atoms with van der Waals surface area (Å²) in [7, 11) is 1.50. The lowest BCUT2D eigenvalue weighted by atomic mass is 9.74. The first-order valence-corrected chi connectivity index (χ1v) is 10.4. The summed E-state index contributed by atoms with van der Waals surface area (Å²) >= 11 is 0. The van der Waals surface area contributed by atoms with Gasteiger partial charge >= 0.3 is 0 Å². The third-order valence-corrected chi connectivity index (χ3v) is 6.32. The second-order valence-corrected chi connectivity index (χ2v) is 8.31. The number of hydrogen-bond acceptors (Lipinski definition) is 3. The molecule has 7 heteroatoms. The van der Waals surface area contributed by atoms with E-state index in [0.717, 1.165) is 23.8 Å². The van der Waals surface area contributed by atoms with Crippen molar-refractivity contribution in [1.29, 1.82) is 0 Å². The summed E-state index contributed by atoms with van der Waals surface area (Å²) in [5.74, 6) is -2.30. The van der Waals surface area contributed by atoms with Crippen LogP contribution in [0.15, 0.2) is 48.5 Å². The van der Waals surface area contributed by atoms with Crippen LogP contribution in [0.5, 0.6) is 0 Å². The number of amides is 2. The Kier molecular flexibility index (Phi) is 7.05. The minimum atomic E-state index is -0.825. The highest BCUT2D eigenvalue weighted by atomic mass is 19.1. The number of rotatable bonds is 5. The molecule has 3 rings (SSSR count). The standard InChI is InChI=1S/C24H28F2N2O3/c1-16(29)27-15-24(17-6-4-3-5-7-17)12-10-21(22(30)11-13-24)28(2)23(31)19-14-18(25)8-9-20(19)26/h3-9,14,21-22,30H,10-13,15H2,1-2H3,(H,27,29)/t21-,22-,24-/m1/s1. The van der Waals surface area contributed by atoms with Gasteiger partial charge in [-0.1, -0.05) is 30.3 Å². The van der Waals surface area contributed by atoms with Gasteiger partial charge in [0, 0.05) is 25.9 Å². The summed E-state index contributed by atoms with van der Waals surface area (Å²) in [5, 5.41) is 13.8. The highest BCUT2D eigenvalue weighted by molar-refractivity contribution is 5.94. The van der Waals surface area contributed by atoms with Crippen molar-refractivity contribution in [2.45, 2.75) is 50.2 Å². The van der Waals surface area contributed by atoms with Gasteiger partial charge in [0.15, 0.2) is 0 Å². The zero-order chi connectivity index (χ0) is 22.6. The van der Waals surface area contributed by atoms with Crippen molar-refractivity contribution in [3.05, 3.63) is 71.3 Å². The van der Waals surface area contributed by atoms with E-state index in [1.54, 1.807) is 0 Å². The summed E-state index contributed by atoms with van der Waals surface area (Å²) in [6.07, 6.45) is 1.26. The lowest BCUT2D eigenvalue weighted by Gasteiger charge is -2.34. The lowest BCUT2D eigenvalue weighted by molar-refractivity contribution is -0.119. The number of carbonyl (C=O) groups excluding carboxylic acids is 2. The Morgan fingerprint density at radius 3 is 2.48 bits per heavy atom. The van der Waals surface area contributed by atoms with Crippen LogP contribution >= 0.6 is 0 Å². The summed E-state index contributed by atoms with van der Waals surface area (Å²) in [5.41, 5.74) is 0.310. The van der Waals surface area contributed by atoms with E-state index in [4.69, 9.17) is 0 Å². The maximum Gasteiger partial charge on any atom is 0.257 e. The van der Waals surface area contributed by atoms with Gasteiger partial charge < -0.3 is 15.3 Å². The lowest BCUT2D eigenvalue weighted by Crippen LogP contribution is -2.44. The minimum Gasteiger partial charge on any atom is -0.391 e. The zero-order valence-electron chi connectivity index (χ0n) is 17.8. The third kappa shape index (κ3) is 5.10. The number of nitrogens with zero attached hydrogens (tertiary/aromatic N) is 1. The Hall–Kier alpha value is -2.80. The average molecular weight is 430 g/mol. The molecule has 2 N–H and O–H groups in total. The van der Waals surface area contributed by atoms with Crippen LogP contribution in [0.2, 0.25) is 0 Å². The molecule has 2 aromatic carbocycles. The molecule has 0 bridgehead atoms. The molecular weight excluding hydrogens is 402 g/mol. The van der Waals surface area contributed by atoms with Crippen LogP contribution in [0, 0.1) is 11.6 Å². The number of likely N-dealkylation sites (N-methyl/N-ethyl adjacent to an activating group) is 1. The molecule has 1 aliphatic rings. The van der Waals surface area contributed by atoms with Crippen molar-refractivity contribution in [2.75, 3.05) is 13.6 Å². The molecule has 0 spiro atoms. The highest BCUT2D eigenvalue weighted by Crippen LogP contribution is 2.39. The monoisotopic (exact) mass is 430 g/mol. The minimum absolute atomic E-state index is 0.134. The fourth-order valence-electron chi connectivity index (χ4n) is 4.46. The van der Waals surface area contributed by atoms with Gasteiger partial charge in [0.05, 0.1) is 17.7 Å². The number of aliphatic hydroxyl groups excluding tert-OH is 1. The largest absolute Gasteiger partial charge is 0.391 e. The Morgan fingerprint density at radius 1 is 1.13 bits per heavy atom. The van der Waals surface area contributed by atoms with E-state index in [1.165, 1.54) is 18.9 Å². The van der Waals surface area contributed by atoms with E-state index < -0.39 is 35.1 Å². The summed E-state index contributed by atoms with van der Waals surface area (Å²) in [6, 6.07) is 12.0. The smallest absolute Gasteiger partial charge is 0.257 e. The Bertz CT molecular complexity index is 938. The fourth-order valence-corrected chi connectivity index (χ4v) is 4.46. The molecule has 2 amide bonds. The second-order valence-electron chi connectivity index (χ2n) is 8.31. The first-order valence-electron chi connectivity index (χ1n) is 10.4. The number of halogens is 2. The molecule has 5 nitrogen and oxygen atoms in total. The van der Waals surface area contributed by atoms with Crippen molar-refractivity contribution in [2.24, 2.45) is 0 Å². The van der Waals surface area contributed by atoms with Crippen molar-refractivity contribution in [3.63, 3.8) is 0 Å². The van der Waals surface area contributed by atoms with Crippen molar-refractivity contribution >= 4 is 11.8 Å². The first kappa shape index (κ1) is 22.9. The normalized spacial score (nSPS) is 23.6. The van der Waals surface area contributed by atoms with Crippen LogP contribution in [-0.4, -0.2) is 47.6 Å². The molecule has 0 heterocycles. The summed E-state index contributed by atoms with van der Waals surface area (Å²) < 4.78 is 27.7. The van der Waals surface area contributed by atoms with E-state index in [9.17, 15) is 23.5 Å². The number of benzene rings is 2. The Labute approximate surface area is 181 Å². The molecule has 31 heavy (non-hydrogen) atoms. The number of carbonyl (C=O) groups is 2. The van der Waals surface area contributed by atoms with E-state index >= 15 is 0 Å². The average Bonchev–Trinajstić information content (AvgIpc) is 2.93. The molecule has 0 radical (unpaired) electrons. The van der Waals surface area contributed by atoms with E-state index in [1.807, 2.05) is 30.3 Å². The zero-order valence-corrected chi connectivity index (χ0v) is 17.8. The van der Waals surface area contributed by atoms with Crippen molar-refractivity contribution in [1.82, 2.24) is 10.2 Å². The van der Waals surface area contributed by atoms with Crippen LogP contribution in [0.25, 0.3) is 0 Å². The number of nitrogens with one attached hydrogen (secondary N) is 1. The summed E-state index contributed by atoms with van der Waals surface area (Å²) in [4.78, 5) is 25.8. The van der Waals surface area contributed by atoms with Gasteiger partial charge in [-0.05, 0) is 49.4 Å².